The predicted molar refractivity (Wildman–Crippen MR) is 125 cm³/mol. The van der Waals surface area contributed by atoms with Crippen LogP contribution >= 0.6 is 0 Å². The first-order chi connectivity index (χ1) is 14.9. The maximum Gasteiger partial charge on any atom is 0.222 e. The van der Waals surface area contributed by atoms with Gasteiger partial charge in [-0.3, -0.25) is 9.59 Å². The number of carbonyl (C=O) groups excluding carboxylic acids is 2. The molecule has 1 aliphatic carbocycles. The summed E-state index contributed by atoms with van der Waals surface area (Å²) in [6, 6.07) is 0. The van der Waals surface area contributed by atoms with Crippen molar-refractivity contribution in [2.45, 2.75) is 116 Å². The zero-order valence-corrected chi connectivity index (χ0v) is 20.1. The molecule has 0 bridgehead atoms. The number of hydrogen-bond acceptors (Lipinski definition) is 4. The summed E-state index contributed by atoms with van der Waals surface area (Å²) in [6.45, 7) is 7.62. The number of allylic oxidation sites excluding steroid dienone is 1. The smallest absolute Gasteiger partial charge is 0.222 e. The van der Waals surface area contributed by atoms with Crippen LogP contribution in [0.1, 0.15) is 97.8 Å². The SMILES string of the molecule is CCCCC[C@@H](O)/C=C/[C@H]1CCC(=O)[C@@H]1CCCCCCC(=O)N1C[C@@H](C)O[C@H](C)C1. The molecule has 2 aliphatic rings. The number of rotatable bonds is 13. The van der Waals surface area contributed by atoms with E-state index in [0.717, 1.165) is 64.2 Å². The molecule has 0 aromatic carbocycles. The molecule has 1 aliphatic heterocycles. The van der Waals surface area contributed by atoms with Crippen molar-refractivity contribution in [2.24, 2.45) is 11.8 Å². The lowest BCUT2D eigenvalue weighted by molar-refractivity contribution is -0.143. The quantitative estimate of drug-likeness (QED) is 0.324. The number of amides is 1. The number of morpholine rings is 1. The Balaban J connectivity index is 1.61. The van der Waals surface area contributed by atoms with E-state index in [1.165, 1.54) is 0 Å². The topological polar surface area (TPSA) is 66.8 Å². The van der Waals surface area contributed by atoms with E-state index in [2.05, 4.69) is 13.0 Å². The minimum absolute atomic E-state index is 0.121. The second kappa shape index (κ2) is 14.1. The second-order valence-corrected chi connectivity index (χ2v) is 9.73. The van der Waals surface area contributed by atoms with Gasteiger partial charge in [0.15, 0.2) is 0 Å². The molecule has 2 fully saturated rings. The molecule has 5 nitrogen and oxygen atoms in total. The molecule has 0 aromatic rings. The van der Waals surface area contributed by atoms with Gasteiger partial charge in [-0.2, -0.15) is 0 Å². The van der Waals surface area contributed by atoms with Crippen LogP contribution in [0.5, 0.6) is 0 Å². The Hall–Kier alpha value is -1.20. The van der Waals surface area contributed by atoms with E-state index in [4.69, 9.17) is 4.74 Å². The fourth-order valence-electron chi connectivity index (χ4n) is 5.04. The van der Waals surface area contributed by atoms with Crippen LogP contribution in [0.3, 0.4) is 0 Å². The van der Waals surface area contributed by atoms with Gasteiger partial charge in [-0.05, 0) is 45.4 Å². The van der Waals surface area contributed by atoms with Crippen molar-refractivity contribution in [3.8, 4) is 0 Å². The first kappa shape index (κ1) is 26.1. The van der Waals surface area contributed by atoms with Crippen LogP contribution in [0.2, 0.25) is 0 Å². The lowest BCUT2D eigenvalue weighted by Crippen LogP contribution is -2.48. The Bertz CT molecular complexity index is 566. The van der Waals surface area contributed by atoms with E-state index in [1.54, 1.807) is 0 Å². The van der Waals surface area contributed by atoms with Gasteiger partial charge in [0.1, 0.15) is 5.78 Å². The van der Waals surface area contributed by atoms with Crippen molar-refractivity contribution in [3.05, 3.63) is 12.2 Å². The second-order valence-electron chi connectivity index (χ2n) is 9.73. The highest BCUT2D eigenvalue weighted by molar-refractivity contribution is 5.83. The van der Waals surface area contributed by atoms with Crippen LogP contribution in [0.15, 0.2) is 12.2 Å². The van der Waals surface area contributed by atoms with Gasteiger partial charge in [-0.1, -0.05) is 57.6 Å². The Kier molecular flexibility index (Phi) is 11.8. The molecule has 1 heterocycles. The zero-order chi connectivity index (χ0) is 22.6. The molecule has 1 amide bonds. The van der Waals surface area contributed by atoms with Gasteiger partial charge in [-0.25, -0.2) is 0 Å². The molecule has 5 heteroatoms. The average molecular weight is 436 g/mol. The van der Waals surface area contributed by atoms with Gasteiger partial charge < -0.3 is 14.7 Å². The van der Waals surface area contributed by atoms with Crippen LogP contribution in [0.4, 0.5) is 0 Å². The molecular formula is C26H45NO4. The van der Waals surface area contributed by atoms with E-state index < -0.39 is 0 Å². The highest BCUT2D eigenvalue weighted by Crippen LogP contribution is 2.34. The summed E-state index contributed by atoms with van der Waals surface area (Å²) >= 11 is 0. The minimum atomic E-state index is -0.377. The van der Waals surface area contributed by atoms with Gasteiger partial charge in [0.25, 0.3) is 0 Å². The third kappa shape index (κ3) is 9.44. The van der Waals surface area contributed by atoms with Crippen molar-refractivity contribution in [3.63, 3.8) is 0 Å². The predicted octanol–water partition coefficient (Wildman–Crippen LogP) is 5.06. The zero-order valence-electron chi connectivity index (χ0n) is 20.1. The van der Waals surface area contributed by atoms with E-state index in [9.17, 15) is 14.7 Å². The summed E-state index contributed by atoms with van der Waals surface area (Å²) < 4.78 is 5.70. The molecule has 178 valence electrons. The number of nitrogens with zero attached hydrogens (tertiary/aromatic N) is 1. The molecule has 0 unspecified atom stereocenters. The number of carbonyl (C=O) groups is 2. The van der Waals surface area contributed by atoms with E-state index in [1.807, 2.05) is 24.8 Å². The van der Waals surface area contributed by atoms with Crippen molar-refractivity contribution in [1.29, 1.82) is 0 Å². The number of hydrogen-bond donors (Lipinski definition) is 1. The van der Waals surface area contributed by atoms with Crippen LogP contribution in [0.25, 0.3) is 0 Å². The lowest BCUT2D eigenvalue weighted by atomic mass is 9.89. The van der Waals surface area contributed by atoms with Crippen LogP contribution in [-0.2, 0) is 14.3 Å². The Labute approximate surface area is 189 Å². The normalized spacial score (nSPS) is 27.9. The number of unbranched alkanes of at least 4 members (excludes halogenated alkanes) is 5. The first-order valence-electron chi connectivity index (χ1n) is 12.7. The molecule has 1 saturated heterocycles. The van der Waals surface area contributed by atoms with Crippen molar-refractivity contribution >= 4 is 11.7 Å². The molecule has 2 rings (SSSR count). The largest absolute Gasteiger partial charge is 0.389 e. The van der Waals surface area contributed by atoms with Crippen LogP contribution in [-0.4, -0.2) is 53.1 Å². The number of aliphatic hydroxyl groups excluding tert-OH is 1. The summed E-state index contributed by atoms with van der Waals surface area (Å²) in [5.41, 5.74) is 0. The van der Waals surface area contributed by atoms with Gasteiger partial charge in [0.2, 0.25) is 5.91 Å². The van der Waals surface area contributed by atoms with E-state index in [0.29, 0.717) is 37.6 Å². The Morgan fingerprint density at radius 1 is 1.13 bits per heavy atom. The maximum atomic E-state index is 12.4. The monoisotopic (exact) mass is 435 g/mol. The number of ether oxygens (including phenoxy) is 1. The molecular weight excluding hydrogens is 390 g/mol. The third-order valence-electron chi connectivity index (χ3n) is 6.77. The van der Waals surface area contributed by atoms with Crippen molar-refractivity contribution in [1.82, 2.24) is 4.90 Å². The van der Waals surface area contributed by atoms with Gasteiger partial charge >= 0.3 is 0 Å². The summed E-state index contributed by atoms with van der Waals surface area (Å²) in [7, 11) is 0. The number of ketones is 1. The van der Waals surface area contributed by atoms with Gasteiger partial charge in [-0.15, -0.1) is 0 Å². The average Bonchev–Trinajstić information content (AvgIpc) is 3.07. The molecule has 1 saturated carbocycles. The van der Waals surface area contributed by atoms with Crippen LogP contribution < -0.4 is 0 Å². The van der Waals surface area contributed by atoms with E-state index >= 15 is 0 Å². The highest BCUT2D eigenvalue weighted by atomic mass is 16.5. The van der Waals surface area contributed by atoms with Crippen LogP contribution in [0, 0.1) is 11.8 Å². The molecule has 0 aromatic heterocycles. The first-order valence-corrected chi connectivity index (χ1v) is 12.7. The summed E-state index contributed by atoms with van der Waals surface area (Å²) in [5, 5.41) is 10.1. The Morgan fingerprint density at radius 3 is 2.55 bits per heavy atom. The fourth-order valence-corrected chi connectivity index (χ4v) is 5.04. The fraction of sp³-hybridized carbons (Fsp3) is 0.846. The summed E-state index contributed by atoms with van der Waals surface area (Å²) in [4.78, 5) is 26.7. The van der Waals surface area contributed by atoms with Gasteiger partial charge in [0, 0.05) is 31.8 Å². The molecule has 1 N–H and O–H groups in total. The highest BCUT2D eigenvalue weighted by Gasteiger charge is 2.32. The maximum absolute atomic E-state index is 12.4. The van der Waals surface area contributed by atoms with E-state index in [-0.39, 0.29) is 30.1 Å². The van der Waals surface area contributed by atoms with Crippen molar-refractivity contribution in [2.75, 3.05) is 13.1 Å². The number of Topliss-reactive ketones (excluding diaryl/α,β-unsaturated/α-hetero) is 1. The minimum Gasteiger partial charge on any atom is -0.389 e. The van der Waals surface area contributed by atoms with Crippen molar-refractivity contribution < 1.29 is 19.4 Å². The summed E-state index contributed by atoms with van der Waals surface area (Å²) in [5.74, 6) is 1.05. The van der Waals surface area contributed by atoms with Gasteiger partial charge in [0.05, 0.1) is 18.3 Å². The molecule has 0 spiro atoms. The molecule has 31 heavy (non-hydrogen) atoms. The molecule has 0 radical (unpaired) electrons. The standard InChI is InChI=1S/C26H45NO4/c1-4-5-8-11-23(28)16-14-22-15-17-25(29)24(22)12-9-6-7-10-13-26(30)27-18-20(2)31-21(3)19-27/h14,16,20-24,28H,4-13,15,17-19H2,1-3H3/b16-14+/t20-,21-,22+,23-,24-/m1/s1. The number of aliphatic hydroxyl groups is 1. The summed E-state index contributed by atoms with van der Waals surface area (Å²) in [6.07, 6.45) is 15.3. The lowest BCUT2D eigenvalue weighted by Gasteiger charge is -2.35. The molecule has 5 atom stereocenters. The Morgan fingerprint density at radius 2 is 1.84 bits per heavy atom. The third-order valence-corrected chi connectivity index (χ3v) is 6.77.